The van der Waals surface area contributed by atoms with Crippen molar-refractivity contribution in [3.05, 3.63) is 35.4 Å². The highest BCUT2D eigenvalue weighted by atomic mass is 16.5. The molecule has 1 unspecified atom stereocenters. The second-order valence-corrected chi connectivity index (χ2v) is 3.99. The van der Waals surface area contributed by atoms with Gasteiger partial charge in [-0.3, -0.25) is 4.79 Å². The molecule has 1 atom stereocenters. The molecule has 0 aliphatic rings. The first kappa shape index (κ1) is 14.6. The monoisotopic (exact) mass is 252 g/mol. The second kappa shape index (κ2) is 7.81. The van der Waals surface area contributed by atoms with Crippen molar-refractivity contribution in [3.63, 3.8) is 0 Å². The van der Waals surface area contributed by atoms with Crippen molar-refractivity contribution in [3.8, 4) is 0 Å². The van der Waals surface area contributed by atoms with E-state index in [2.05, 4.69) is 10.6 Å². The van der Waals surface area contributed by atoms with E-state index < -0.39 is 0 Å². The van der Waals surface area contributed by atoms with Crippen molar-refractivity contribution in [2.45, 2.75) is 12.6 Å². The summed E-state index contributed by atoms with van der Waals surface area (Å²) in [6.45, 7) is 1.12. The van der Waals surface area contributed by atoms with E-state index in [1.54, 1.807) is 26.3 Å². The summed E-state index contributed by atoms with van der Waals surface area (Å²) < 4.78 is 4.97. The zero-order chi connectivity index (χ0) is 13.4. The van der Waals surface area contributed by atoms with Crippen molar-refractivity contribution >= 4 is 5.91 Å². The van der Waals surface area contributed by atoms with Crippen LogP contribution in [0.3, 0.4) is 0 Å². The number of ether oxygens (including phenoxy) is 1. The first-order chi connectivity index (χ1) is 8.71. The zero-order valence-corrected chi connectivity index (χ0v) is 10.8. The number of aliphatic hydroxyl groups excluding tert-OH is 1. The standard InChI is InChI=1S/C13H20N2O3/c1-14-13(17)11-5-3-10(4-6-11)7-15-12(8-16)9-18-2/h3-6,12,15-16H,7-9H2,1-2H3,(H,14,17). The molecule has 0 heterocycles. The Balaban J connectivity index is 2.50. The number of carbonyl (C=O) groups excluding carboxylic acids is 1. The number of carbonyl (C=O) groups is 1. The third-order valence-electron chi connectivity index (χ3n) is 2.63. The van der Waals surface area contributed by atoms with Gasteiger partial charge in [0.15, 0.2) is 0 Å². The molecule has 0 saturated heterocycles. The van der Waals surface area contributed by atoms with Crippen LogP contribution >= 0.6 is 0 Å². The number of benzene rings is 1. The van der Waals surface area contributed by atoms with Crippen LogP contribution in [0.5, 0.6) is 0 Å². The Morgan fingerprint density at radius 1 is 1.39 bits per heavy atom. The SMILES string of the molecule is CNC(=O)c1ccc(CNC(CO)COC)cc1. The average molecular weight is 252 g/mol. The van der Waals surface area contributed by atoms with Gasteiger partial charge in [0, 0.05) is 26.3 Å². The Hall–Kier alpha value is -1.43. The number of hydrogen-bond acceptors (Lipinski definition) is 4. The van der Waals surface area contributed by atoms with Crippen LogP contribution in [-0.2, 0) is 11.3 Å². The third-order valence-corrected chi connectivity index (χ3v) is 2.63. The fourth-order valence-electron chi connectivity index (χ4n) is 1.56. The lowest BCUT2D eigenvalue weighted by Crippen LogP contribution is -2.35. The molecular weight excluding hydrogens is 232 g/mol. The molecule has 0 aromatic heterocycles. The minimum Gasteiger partial charge on any atom is -0.395 e. The predicted octanol–water partition coefficient (Wildman–Crippen LogP) is 0.143. The molecule has 100 valence electrons. The molecule has 1 amide bonds. The minimum atomic E-state index is -0.0953. The van der Waals surface area contributed by atoms with Gasteiger partial charge in [-0.15, -0.1) is 0 Å². The molecule has 0 aliphatic heterocycles. The number of hydrogen-bond donors (Lipinski definition) is 3. The van der Waals surface area contributed by atoms with Crippen LogP contribution in [0.15, 0.2) is 24.3 Å². The Morgan fingerprint density at radius 2 is 2.06 bits per heavy atom. The van der Waals surface area contributed by atoms with E-state index in [1.165, 1.54) is 0 Å². The van der Waals surface area contributed by atoms with Crippen molar-refractivity contribution in [2.75, 3.05) is 27.4 Å². The first-order valence-corrected chi connectivity index (χ1v) is 5.85. The highest BCUT2D eigenvalue weighted by Gasteiger charge is 2.06. The van der Waals surface area contributed by atoms with E-state index in [4.69, 9.17) is 9.84 Å². The number of methoxy groups -OCH3 is 1. The van der Waals surface area contributed by atoms with E-state index in [0.29, 0.717) is 18.7 Å². The minimum absolute atomic E-state index is 0.0319. The molecule has 1 aromatic carbocycles. The van der Waals surface area contributed by atoms with E-state index in [-0.39, 0.29) is 18.6 Å². The highest BCUT2D eigenvalue weighted by Crippen LogP contribution is 2.04. The number of nitrogens with one attached hydrogen (secondary N) is 2. The van der Waals surface area contributed by atoms with Crippen molar-refractivity contribution in [1.29, 1.82) is 0 Å². The van der Waals surface area contributed by atoms with Gasteiger partial charge in [0.05, 0.1) is 19.3 Å². The number of amides is 1. The van der Waals surface area contributed by atoms with Gasteiger partial charge >= 0.3 is 0 Å². The lowest BCUT2D eigenvalue weighted by atomic mass is 10.1. The van der Waals surface area contributed by atoms with Crippen molar-refractivity contribution < 1.29 is 14.6 Å². The normalized spacial score (nSPS) is 12.2. The summed E-state index contributed by atoms with van der Waals surface area (Å²) in [5, 5.41) is 14.8. The smallest absolute Gasteiger partial charge is 0.251 e. The number of rotatable bonds is 7. The maximum atomic E-state index is 11.3. The van der Waals surface area contributed by atoms with Crippen LogP contribution in [0, 0.1) is 0 Å². The fourth-order valence-corrected chi connectivity index (χ4v) is 1.56. The van der Waals surface area contributed by atoms with Gasteiger partial charge in [-0.1, -0.05) is 12.1 Å². The van der Waals surface area contributed by atoms with Crippen LogP contribution in [0.25, 0.3) is 0 Å². The largest absolute Gasteiger partial charge is 0.395 e. The summed E-state index contributed by atoms with van der Waals surface area (Å²) in [4.78, 5) is 11.3. The van der Waals surface area contributed by atoms with Crippen LogP contribution in [0.1, 0.15) is 15.9 Å². The van der Waals surface area contributed by atoms with Crippen LogP contribution in [0.4, 0.5) is 0 Å². The Morgan fingerprint density at radius 3 is 2.56 bits per heavy atom. The molecule has 3 N–H and O–H groups in total. The summed E-state index contributed by atoms with van der Waals surface area (Å²) >= 11 is 0. The Labute approximate surface area is 107 Å². The van der Waals surface area contributed by atoms with Gasteiger partial charge in [0.1, 0.15) is 0 Å². The Kier molecular flexibility index (Phi) is 6.35. The maximum Gasteiger partial charge on any atom is 0.251 e. The average Bonchev–Trinajstić information content (AvgIpc) is 2.43. The van der Waals surface area contributed by atoms with Crippen molar-refractivity contribution in [1.82, 2.24) is 10.6 Å². The van der Waals surface area contributed by atoms with E-state index >= 15 is 0 Å². The first-order valence-electron chi connectivity index (χ1n) is 5.85. The van der Waals surface area contributed by atoms with E-state index in [1.807, 2.05) is 12.1 Å². The van der Waals surface area contributed by atoms with Crippen molar-refractivity contribution in [2.24, 2.45) is 0 Å². The maximum absolute atomic E-state index is 11.3. The van der Waals surface area contributed by atoms with Gasteiger partial charge in [0.25, 0.3) is 5.91 Å². The summed E-state index contributed by atoms with van der Waals surface area (Å²) in [6, 6.07) is 7.26. The molecule has 5 heteroatoms. The highest BCUT2D eigenvalue weighted by molar-refractivity contribution is 5.93. The molecule has 18 heavy (non-hydrogen) atoms. The molecule has 0 fully saturated rings. The molecular formula is C13H20N2O3. The van der Waals surface area contributed by atoms with Crippen LogP contribution < -0.4 is 10.6 Å². The third kappa shape index (κ3) is 4.44. The summed E-state index contributed by atoms with van der Waals surface area (Å²) in [6.07, 6.45) is 0. The molecule has 0 radical (unpaired) electrons. The molecule has 1 rings (SSSR count). The molecule has 1 aromatic rings. The van der Waals surface area contributed by atoms with Gasteiger partial charge in [-0.2, -0.15) is 0 Å². The topological polar surface area (TPSA) is 70.6 Å². The summed E-state index contributed by atoms with van der Waals surface area (Å²) in [5.74, 6) is -0.0953. The number of aliphatic hydroxyl groups is 1. The van der Waals surface area contributed by atoms with Crippen LogP contribution in [0.2, 0.25) is 0 Å². The van der Waals surface area contributed by atoms with Gasteiger partial charge in [-0.25, -0.2) is 0 Å². The lowest BCUT2D eigenvalue weighted by Gasteiger charge is -2.15. The zero-order valence-electron chi connectivity index (χ0n) is 10.8. The van der Waals surface area contributed by atoms with Gasteiger partial charge in [0.2, 0.25) is 0 Å². The van der Waals surface area contributed by atoms with Crippen LogP contribution in [-0.4, -0.2) is 44.4 Å². The molecule has 0 bridgehead atoms. The summed E-state index contributed by atoms with van der Waals surface area (Å²) in [5.41, 5.74) is 1.69. The van der Waals surface area contributed by atoms with Gasteiger partial charge in [-0.05, 0) is 17.7 Å². The molecule has 5 nitrogen and oxygen atoms in total. The predicted molar refractivity (Wildman–Crippen MR) is 69.4 cm³/mol. The van der Waals surface area contributed by atoms with E-state index in [9.17, 15) is 4.79 Å². The van der Waals surface area contributed by atoms with E-state index in [0.717, 1.165) is 5.56 Å². The second-order valence-electron chi connectivity index (χ2n) is 3.99. The molecule has 0 aliphatic carbocycles. The Bertz CT molecular complexity index is 365. The molecule has 0 spiro atoms. The van der Waals surface area contributed by atoms with Gasteiger partial charge < -0.3 is 20.5 Å². The molecule has 0 saturated carbocycles. The fraction of sp³-hybridized carbons (Fsp3) is 0.462. The quantitative estimate of drug-likeness (QED) is 0.646. The lowest BCUT2D eigenvalue weighted by molar-refractivity contribution is 0.0963. The summed E-state index contributed by atoms with van der Waals surface area (Å²) in [7, 11) is 3.21.